The number of pyridine rings is 1. The number of amides is 4. The number of rotatable bonds is 14. The molecule has 2 rings (SSSR count). The minimum absolute atomic E-state index is 0.307. The molecule has 1 heterocycles. The first-order valence-electron chi connectivity index (χ1n) is 15.0. The highest BCUT2D eigenvalue weighted by atomic mass is 19.4. The number of ether oxygens (including phenoxy) is 2. The van der Waals surface area contributed by atoms with Crippen molar-refractivity contribution in [1.29, 1.82) is 0 Å². The molecule has 3 atom stereocenters. The Morgan fingerprint density at radius 2 is 1.29 bits per heavy atom. The number of aromatic nitrogens is 1. The van der Waals surface area contributed by atoms with Crippen molar-refractivity contribution in [3.8, 4) is 11.3 Å². The minimum Gasteiger partial charge on any atom is -0.453 e. The first-order valence-corrected chi connectivity index (χ1v) is 15.0. The van der Waals surface area contributed by atoms with Crippen LogP contribution in [0.3, 0.4) is 0 Å². The van der Waals surface area contributed by atoms with Gasteiger partial charge in [-0.1, -0.05) is 24.3 Å². The Morgan fingerprint density at radius 1 is 0.804 bits per heavy atom. The van der Waals surface area contributed by atoms with Crippen LogP contribution < -0.4 is 21.4 Å². The van der Waals surface area contributed by atoms with Gasteiger partial charge in [-0.2, -0.15) is 26.3 Å². The summed E-state index contributed by atoms with van der Waals surface area (Å²) in [5.41, 5.74) is -2.11. The number of hydrogen-bond donors (Lipinski definition) is 5. The molecule has 2 aromatic rings. The summed E-state index contributed by atoms with van der Waals surface area (Å²) < 4.78 is 105. The topological polar surface area (TPSA) is 171 Å². The number of halogens is 7. The van der Waals surface area contributed by atoms with E-state index in [9.17, 15) is 55.0 Å². The Bertz CT molecular complexity index is 1500. The summed E-state index contributed by atoms with van der Waals surface area (Å²) >= 11 is 0. The Kier molecular flexibility index (Phi) is 14.1. The molecule has 4 amide bonds. The molecule has 1 aromatic heterocycles. The van der Waals surface area contributed by atoms with Crippen LogP contribution in [-0.4, -0.2) is 96.9 Å². The van der Waals surface area contributed by atoms with Crippen molar-refractivity contribution in [3.63, 3.8) is 0 Å². The van der Waals surface area contributed by atoms with E-state index in [0.717, 1.165) is 25.4 Å². The molecular weight excluding hydrogens is 701 g/mol. The highest BCUT2D eigenvalue weighted by Gasteiger charge is 2.57. The van der Waals surface area contributed by atoms with E-state index >= 15 is 0 Å². The summed E-state index contributed by atoms with van der Waals surface area (Å²) in [7, 11) is 1.74. The number of alkyl carbamates (subject to hydrolysis) is 2. The summed E-state index contributed by atoms with van der Waals surface area (Å²) in [6, 6.07) is 4.29. The van der Waals surface area contributed by atoms with Gasteiger partial charge in [0, 0.05) is 25.2 Å². The van der Waals surface area contributed by atoms with Crippen molar-refractivity contribution in [2.24, 2.45) is 10.8 Å². The first-order chi connectivity index (χ1) is 23.4. The molecule has 0 spiro atoms. The van der Waals surface area contributed by atoms with Crippen LogP contribution in [0.1, 0.15) is 33.3 Å². The number of hydrogen-bond acceptors (Lipinski definition) is 9. The van der Waals surface area contributed by atoms with Gasteiger partial charge < -0.3 is 30.5 Å². The van der Waals surface area contributed by atoms with Crippen LogP contribution in [0.2, 0.25) is 0 Å². The number of nitrogens with one attached hydrogen (secondary N) is 4. The second-order valence-corrected chi connectivity index (χ2v) is 12.4. The van der Waals surface area contributed by atoms with E-state index in [1.54, 1.807) is 12.1 Å². The zero-order valence-corrected chi connectivity index (χ0v) is 28.3. The average Bonchev–Trinajstić information content (AvgIpc) is 3.04. The lowest BCUT2D eigenvalue weighted by molar-refractivity contribution is -0.221. The van der Waals surface area contributed by atoms with Gasteiger partial charge in [0.15, 0.2) is 0 Å². The fourth-order valence-electron chi connectivity index (χ4n) is 4.39. The first kappa shape index (κ1) is 42.4. The quantitative estimate of drug-likeness (QED) is 0.143. The van der Waals surface area contributed by atoms with E-state index in [1.807, 2.05) is 10.6 Å². The molecule has 0 fully saturated rings. The second-order valence-electron chi connectivity index (χ2n) is 12.4. The predicted octanol–water partition coefficient (Wildman–Crippen LogP) is 3.82. The van der Waals surface area contributed by atoms with Crippen LogP contribution >= 0.6 is 0 Å². The smallest absolute Gasteiger partial charge is 0.407 e. The number of methoxy groups -OCH3 is 2. The number of carbonyl (C=O) groups is 4. The fourth-order valence-corrected chi connectivity index (χ4v) is 4.39. The molecule has 5 N–H and O–H groups in total. The number of carbonyl (C=O) groups excluding carboxylic acids is 4. The van der Waals surface area contributed by atoms with Crippen LogP contribution in [0.4, 0.5) is 40.3 Å². The molecule has 1 unspecified atom stereocenters. The molecule has 0 saturated heterocycles. The van der Waals surface area contributed by atoms with Crippen LogP contribution in [0.15, 0.2) is 42.6 Å². The molecule has 51 heavy (non-hydrogen) atoms. The third-order valence-corrected chi connectivity index (χ3v) is 7.89. The van der Waals surface area contributed by atoms with Crippen molar-refractivity contribution in [2.45, 2.75) is 64.8 Å². The van der Waals surface area contributed by atoms with Gasteiger partial charge in [-0.15, -0.1) is 0 Å². The molecule has 0 aliphatic rings. The van der Waals surface area contributed by atoms with Crippen LogP contribution in [0.25, 0.3) is 11.3 Å². The molecule has 0 saturated carbocycles. The van der Waals surface area contributed by atoms with Crippen molar-refractivity contribution >= 4 is 24.0 Å². The van der Waals surface area contributed by atoms with E-state index in [0.29, 0.717) is 44.5 Å². The van der Waals surface area contributed by atoms with Gasteiger partial charge in [-0.25, -0.2) is 19.0 Å². The van der Waals surface area contributed by atoms with Crippen molar-refractivity contribution in [1.82, 2.24) is 31.4 Å². The molecule has 284 valence electrons. The summed E-state index contributed by atoms with van der Waals surface area (Å²) in [6.45, 7) is 0.919. The molecule has 13 nitrogen and oxygen atoms in total. The maximum absolute atomic E-state index is 14.0. The summed E-state index contributed by atoms with van der Waals surface area (Å²) in [4.78, 5) is 53.9. The summed E-state index contributed by atoms with van der Waals surface area (Å²) in [5.74, 6) is -3.32. The van der Waals surface area contributed by atoms with Gasteiger partial charge in [0.2, 0.25) is 5.91 Å². The predicted molar refractivity (Wildman–Crippen MR) is 166 cm³/mol. The van der Waals surface area contributed by atoms with Gasteiger partial charge in [-0.3, -0.25) is 20.0 Å². The number of alkyl halides is 6. The average molecular weight is 741 g/mol. The number of aliphatic hydroxyl groups excluding tert-OH is 1. The van der Waals surface area contributed by atoms with Crippen LogP contribution in [0, 0.1) is 16.6 Å². The van der Waals surface area contributed by atoms with Crippen molar-refractivity contribution < 1.29 is 64.5 Å². The molecule has 0 aliphatic carbocycles. The standard InChI is InChI=1S/C31H39F7N6O7/c1-28(2,30(33,34)35)22(41-26(48)50-5)24(46)40-14-20(45)16-44(15-17-7-9-18(10-8-17)21-12-11-19(32)13-39-21)43-25(47)23(42-27(49)51-6)29(3,4)31(36,37)38/h7-13,20,22-23,45H,14-16H2,1-6H3,(H,40,46)(H,41,48)(H,42,49)(H,43,47)/t20-,22?,23-/m1/s1. The highest BCUT2D eigenvalue weighted by molar-refractivity contribution is 5.87. The third-order valence-electron chi connectivity index (χ3n) is 7.89. The second kappa shape index (κ2) is 17.0. The molecule has 0 radical (unpaired) electrons. The zero-order chi connectivity index (χ0) is 38.9. The maximum Gasteiger partial charge on any atom is 0.407 e. The minimum atomic E-state index is -5.02. The van der Waals surface area contributed by atoms with Gasteiger partial charge in [-0.05, 0) is 45.4 Å². The van der Waals surface area contributed by atoms with Gasteiger partial charge in [0.05, 0.1) is 43.0 Å². The summed E-state index contributed by atoms with van der Waals surface area (Å²) in [5, 5.41) is 17.5. The van der Waals surface area contributed by atoms with Crippen molar-refractivity contribution in [3.05, 3.63) is 54.0 Å². The Labute approximate surface area is 288 Å². The van der Waals surface area contributed by atoms with Gasteiger partial charge in [0.25, 0.3) is 5.91 Å². The van der Waals surface area contributed by atoms with E-state index in [2.05, 4.69) is 25.2 Å². The van der Waals surface area contributed by atoms with Crippen LogP contribution in [0.5, 0.6) is 0 Å². The fraction of sp³-hybridized carbons (Fsp3) is 0.516. The van der Waals surface area contributed by atoms with E-state index in [4.69, 9.17) is 0 Å². The normalized spacial score (nSPS) is 14.2. The summed E-state index contributed by atoms with van der Waals surface area (Å²) in [6.07, 6.45) is -13.4. The number of nitrogens with zero attached hydrogens (tertiary/aromatic N) is 2. The monoisotopic (exact) mass is 740 g/mol. The molecular formula is C31H39F7N6O7. The lowest BCUT2D eigenvalue weighted by atomic mass is 9.83. The number of aliphatic hydroxyl groups is 1. The molecule has 1 aromatic carbocycles. The number of hydrazine groups is 1. The van der Waals surface area contributed by atoms with Crippen LogP contribution in [-0.2, 0) is 25.6 Å². The molecule has 0 aliphatic heterocycles. The SMILES string of the molecule is COC(=O)NC(C(=O)NC[C@@H](O)CN(Cc1ccc(-c2ccc(F)cn2)cc1)NC(=O)[C@@H](NC(=O)OC)C(C)(C)C(F)(F)F)C(C)(C)C(F)(F)F. The van der Waals surface area contributed by atoms with Crippen molar-refractivity contribution in [2.75, 3.05) is 27.3 Å². The number of benzene rings is 1. The maximum atomic E-state index is 14.0. The Morgan fingerprint density at radius 3 is 1.73 bits per heavy atom. The van der Waals surface area contributed by atoms with E-state index in [1.165, 1.54) is 24.3 Å². The lowest BCUT2D eigenvalue weighted by Gasteiger charge is -2.37. The Balaban J connectivity index is 2.38. The van der Waals surface area contributed by atoms with E-state index in [-0.39, 0.29) is 6.54 Å². The molecule has 0 bridgehead atoms. The van der Waals surface area contributed by atoms with E-state index < -0.39 is 84.3 Å². The highest BCUT2D eigenvalue weighted by Crippen LogP contribution is 2.41. The largest absolute Gasteiger partial charge is 0.453 e. The lowest BCUT2D eigenvalue weighted by Crippen LogP contribution is -2.62. The molecule has 20 heteroatoms. The van der Waals surface area contributed by atoms with Gasteiger partial charge >= 0.3 is 24.5 Å². The Hall–Kier alpha value is -4.72. The zero-order valence-electron chi connectivity index (χ0n) is 28.3. The van der Waals surface area contributed by atoms with Gasteiger partial charge in [0.1, 0.15) is 17.9 Å². The third kappa shape index (κ3) is 11.4.